The highest BCUT2D eigenvalue weighted by molar-refractivity contribution is 7.92. The number of sulfonamides is 1. The third-order valence-corrected chi connectivity index (χ3v) is 5.77. The van der Waals surface area contributed by atoms with E-state index in [1.807, 2.05) is 0 Å². The molecule has 0 aliphatic heterocycles. The second-order valence-corrected chi connectivity index (χ2v) is 8.20. The second kappa shape index (κ2) is 8.98. The van der Waals surface area contributed by atoms with Crippen molar-refractivity contribution in [3.63, 3.8) is 0 Å². The summed E-state index contributed by atoms with van der Waals surface area (Å²) in [7, 11) is -2.77. The molecule has 0 amide bonds. The van der Waals surface area contributed by atoms with E-state index in [9.17, 15) is 21.6 Å². The van der Waals surface area contributed by atoms with Crippen LogP contribution in [0.5, 0.6) is 5.75 Å². The third-order valence-electron chi connectivity index (χ3n) is 4.41. The maximum Gasteiger partial charge on any atom is 0.433 e. The molecule has 0 atom stereocenters. The van der Waals surface area contributed by atoms with Crippen LogP contribution < -0.4 is 9.46 Å². The fraction of sp³-hybridized carbons (Fsp3) is 0.250. The number of nitrogens with one attached hydrogen (secondary N) is 1. The molecular formula is C20H20F3N3O4S. The monoisotopic (exact) mass is 455 g/mol. The molecule has 2 aromatic carbocycles. The maximum atomic E-state index is 14.0. The first-order valence-electron chi connectivity index (χ1n) is 9.18. The van der Waals surface area contributed by atoms with E-state index in [4.69, 9.17) is 9.84 Å². The molecule has 0 fully saturated rings. The quantitative estimate of drug-likeness (QED) is 0.540. The molecule has 0 spiro atoms. The standard InChI is InChI=1S/C20H20F3N3O4S/c1-30-15-10-8-14(9-11-15)17-18(20(21,22)23)26(12-5-13-27)24-19(17)25-31(28,29)16-6-3-2-4-7-16/h2-4,6-11,27H,5,12-13H2,1H3,(H,24,25). The van der Waals surface area contributed by atoms with Crippen LogP contribution in [-0.2, 0) is 22.7 Å². The Kier molecular flexibility index (Phi) is 6.56. The van der Waals surface area contributed by atoms with Crippen LogP contribution in [0.15, 0.2) is 59.5 Å². The fourth-order valence-electron chi connectivity index (χ4n) is 3.02. The van der Waals surface area contributed by atoms with Gasteiger partial charge in [-0.05, 0) is 36.2 Å². The molecule has 3 rings (SSSR count). The first-order valence-corrected chi connectivity index (χ1v) is 10.7. The molecular weight excluding hydrogens is 435 g/mol. The summed E-state index contributed by atoms with van der Waals surface area (Å²) in [5.41, 5.74) is -1.42. The number of hydrogen-bond acceptors (Lipinski definition) is 5. The fourth-order valence-corrected chi connectivity index (χ4v) is 4.05. The lowest BCUT2D eigenvalue weighted by Gasteiger charge is -2.13. The minimum atomic E-state index is -4.83. The van der Waals surface area contributed by atoms with Crippen LogP contribution in [0.3, 0.4) is 0 Å². The highest BCUT2D eigenvalue weighted by Gasteiger charge is 2.41. The number of anilines is 1. The van der Waals surface area contributed by atoms with Crippen molar-refractivity contribution in [1.29, 1.82) is 0 Å². The molecule has 0 radical (unpaired) electrons. The van der Waals surface area contributed by atoms with Gasteiger partial charge < -0.3 is 9.84 Å². The number of aryl methyl sites for hydroxylation is 1. The van der Waals surface area contributed by atoms with E-state index in [1.165, 1.54) is 55.6 Å². The Bertz CT molecular complexity index is 1130. The number of ether oxygens (including phenoxy) is 1. The molecule has 3 aromatic rings. The summed E-state index contributed by atoms with van der Waals surface area (Å²) in [6.45, 7) is -0.596. The second-order valence-electron chi connectivity index (χ2n) is 6.52. The number of aliphatic hydroxyl groups is 1. The number of aromatic nitrogens is 2. The average Bonchev–Trinajstić information content (AvgIpc) is 3.10. The Balaban J connectivity index is 2.20. The van der Waals surface area contributed by atoms with Gasteiger partial charge in [0.1, 0.15) is 5.75 Å². The van der Waals surface area contributed by atoms with E-state index in [1.54, 1.807) is 6.07 Å². The largest absolute Gasteiger partial charge is 0.497 e. The average molecular weight is 455 g/mol. The summed E-state index contributed by atoms with van der Waals surface area (Å²) in [4.78, 5) is -0.117. The number of rotatable bonds is 8. The van der Waals surface area contributed by atoms with E-state index in [2.05, 4.69) is 9.82 Å². The van der Waals surface area contributed by atoms with Gasteiger partial charge >= 0.3 is 6.18 Å². The number of nitrogens with zero attached hydrogens (tertiary/aromatic N) is 2. The highest BCUT2D eigenvalue weighted by Crippen LogP contribution is 2.42. The predicted molar refractivity (Wildman–Crippen MR) is 108 cm³/mol. The molecule has 0 saturated heterocycles. The predicted octanol–water partition coefficient (Wildman–Crippen LogP) is 3.76. The van der Waals surface area contributed by atoms with Gasteiger partial charge in [0.05, 0.1) is 17.6 Å². The van der Waals surface area contributed by atoms with Crippen molar-refractivity contribution in [1.82, 2.24) is 9.78 Å². The van der Waals surface area contributed by atoms with Gasteiger partial charge in [-0.3, -0.25) is 9.40 Å². The molecule has 31 heavy (non-hydrogen) atoms. The van der Waals surface area contributed by atoms with Crippen molar-refractivity contribution in [2.45, 2.75) is 24.0 Å². The van der Waals surface area contributed by atoms with E-state index in [0.29, 0.717) is 10.4 Å². The zero-order valence-corrected chi connectivity index (χ0v) is 17.2. The van der Waals surface area contributed by atoms with Crippen LogP contribution in [0.4, 0.5) is 19.0 Å². The van der Waals surface area contributed by atoms with E-state index < -0.39 is 33.3 Å². The van der Waals surface area contributed by atoms with Gasteiger partial charge in [0.15, 0.2) is 11.5 Å². The van der Waals surface area contributed by atoms with E-state index in [-0.39, 0.29) is 30.0 Å². The van der Waals surface area contributed by atoms with Crippen LogP contribution in [0.2, 0.25) is 0 Å². The topological polar surface area (TPSA) is 93.5 Å². The zero-order chi connectivity index (χ0) is 22.6. The summed E-state index contributed by atoms with van der Waals surface area (Å²) in [5, 5.41) is 13.0. The van der Waals surface area contributed by atoms with Crippen molar-refractivity contribution >= 4 is 15.8 Å². The lowest BCUT2D eigenvalue weighted by molar-refractivity contribution is -0.143. The Labute approximate surface area is 177 Å². The minimum absolute atomic E-state index is 0.0116. The number of benzene rings is 2. The number of aliphatic hydroxyl groups excluding tert-OH is 1. The molecule has 7 nitrogen and oxygen atoms in total. The first-order chi connectivity index (χ1) is 14.7. The van der Waals surface area contributed by atoms with Gasteiger partial charge in [-0.25, -0.2) is 8.42 Å². The number of alkyl halides is 3. The molecule has 0 aliphatic rings. The molecule has 1 heterocycles. The summed E-state index contributed by atoms with van der Waals surface area (Å²) in [6.07, 6.45) is -4.81. The normalized spacial score (nSPS) is 12.0. The third kappa shape index (κ3) is 5.00. The van der Waals surface area contributed by atoms with Crippen molar-refractivity contribution in [2.75, 3.05) is 18.4 Å². The molecule has 166 valence electrons. The first kappa shape index (κ1) is 22.6. The summed E-state index contributed by atoms with van der Waals surface area (Å²) in [6, 6.07) is 13.0. The van der Waals surface area contributed by atoms with Crippen molar-refractivity contribution in [3.05, 3.63) is 60.3 Å². The van der Waals surface area contributed by atoms with Gasteiger partial charge in [0.2, 0.25) is 0 Å². The Morgan fingerprint density at radius 2 is 1.74 bits per heavy atom. The van der Waals surface area contributed by atoms with E-state index in [0.717, 1.165) is 0 Å². The Morgan fingerprint density at radius 3 is 2.29 bits per heavy atom. The maximum absolute atomic E-state index is 14.0. The lowest BCUT2D eigenvalue weighted by atomic mass is 10.0. The van der Waals surface area contributed by atoms with Crippen molar-refractivity contribution in [3.8, 4) is 16.9 Å². The van der Waals surface area contributed by atoms with Crippen molar-refractivity contribution in [2.24, 2.45) is 0 Å². The number of halogens is 3. The Morgan fingerprint density at radius 1 is 1.10 bits per heavy atom. The smallest absolute Gasteiger partial charge is 0.433 e. The molecule has 0 aliphatic carbocycles. The van der Waals surface area contributed by atoms with Crippen LogP contribution in [0, 0.1) is 0 Å². The summed E-state index contributed by atoms with van der Waals surface area (Å²) in [5.74, 6) is -0.0318. The van der Waals surface area contributed by atoms with Crippen LogP contribution in [-0.4, -0.2) is 37.0 Å². The van der Waals surface area contributed by atoms with Gasteiger partial charge in [-0.1, -0.05) is 30.3 Å². The molecule has 0 saturated carbocycles. The highest BCUT2D eigenvalue weighted by atomic mass is 32.2. The molecule has 11 heteroatoms. The molecule has 0 bridgehead atoms. The Hall–Kier alpha value is -3.05. The van der Waals surface area contributed by atoms with Gasteiger partial charge in [0, 0.05) is 13.2 Å². The van der Waals surface area contributed by atoms with Gasteiger partial charge in [-0.2, -0.15) is 18.3 Å². The molecule has 2 N–H and O–H groups in total. The molecule has 1 aromatic heterocycles. The van der Waals surface area contributed by atoms with Crippen LogP contribution in [0.1, 0.15) is 12.1 Å². The lowest BCUT2D eigenvalue weighted by Crippen LogP contribution is -2.16. The summed E-state index contributed by atoms with van der Waals surface area (Å²) < 4.78 is 75.5. The number of methoxy groups -OCH3 is 1. The SMILES string of the molecule is COc1ccc(-c2c(NS(=O)(=O)c3ccccc3)nn(CCCO)c2C(F)(F)F)cc1. The minimum Gasteiger partial charge on any atom is -0.497 e. The van der Waals surface area contributed by atoms with E-state index >= 15 is 0 Å². The zero-order valence-electron chi connectivity index (χ0n) is 16.4. The van der Waals surface area contributed by atoms with Gasteiger partial charge in [0.25, 0.3) is 10.0 Å². The van der Waals surface area contributed by atoms with Gasteiger partial charge in [-0.15, -0.1) is 0 Å². The summed E-state index contributed by atoms with van der Waals surface area (Å²) >= 11 is 0. The molecule has 0 unspecified atom stereocenters. The van der Waals surface area contributed by atoms with Crippen LogP contribution >= 0.6 is 0 Å². The van der Waals surface area contributed by atoms with Crippen molar-refractivity contribution < 1.29 is 31.4 Å². The number of hydrogen-bond donors (Lipinski definition) is 2. The van der Waals surface area contributed by atoms with Crippen LogP contribution in [0.25, 0.3) is 11.1 Å².